The van der Waals surface area contributed by atoms with Crippen LogP contribution in [0.1, 0.15) is 38.5 Å². The number of fused-ring (bicyclic) bond motifs is 1. The van der Waals surface area contributed by atoms with Crippen LogP contribution in [0.2, 0.25) is 0 Å². The Balaban J connectivity index is 1.83. The number of carbonyl (C=O) groups is 1. The number of amides is 1. The number of aliphatic hydroxyl groups excluding tert-OH is 1. The van der Waals surface area contributed by atoms with Crippen molar-refractivity contribution >= 4 is 33.5 Å². The minimum atomic E-state index is -4.34. The lowest BCUT2D eigenvalue weighted by molar-refractivity contribution is -0.126. The third-order valence-corrected chi connectivity index (χ3v) is 6.04. The highest BCUT2D eigenvalue weighted by molar-refractivity contribution is 7.18. The molecular weight excluding hydrogens is 449 g/mol. The van der Waals surface area contributed by atoms with Gasteiger partial charge in [-0.2, -0.15) is 23.1 Å². The van der Waals surface area contributed by atoms with Gasteiger partial charge in [0, 0.05) is 18.0 Å². The number of ether oxygens (including phenoxy) is 2. The molecule has 1 aliphatic carbocycles. The van der Waals surface area contributed by atoms with Gasteiger partial charge in [0.15, 0.2) is 0 Å². The Morgan fingerprint density at radius 1 is 1.31 bits per heavy atom. The van der Waals surface area contributed by atoms with Crippen molar-refractivity contribution in [2.24, 2.45) is 0 Å². The predicted molar refractivity (Wildman–Crippen MR) is 114 cm³/mol. The van der Waals surface area contributed by atoms with Gasteiger partial charge in [-0.15, -0.1) is 11.3 Å². The summed E-state index contributed by atoms with van der Waals surface area (Å²) >= 11 is 0.929. The molecule has 8 nitrogen and oxygen atoms in total. The van der Waals surface area contributed by atoms with Crippen molar-refractivity contribution in [2.75, 3.05) is 19.1 Å². The van der Waals surface area contributed by atoms with Crippen molar-refractivity contribution in [3.63, 3.8) is 0 Å². The van der Waals surface area contributed by atoms with E-state index in [0.717, 1.165) is 11.3 Å². The number of thiophene rings is 1. The van der Waals surface area contributed by atoms with Crippen LogP contribution in [0.5, 0.6) is 6.01 Å². The van der Waals surface area contributed by atoms with Gasteiger partial charge in [0.1, 0.15) is 16.2 Å². The second kappa shape index (κ2) is 8.89. The Labute approximate surface area is 187 Å². The quantitative estimate of drug-likeness (QED) is 0.680. The topological polar surface area (TPSA) is 96.8 Å². The molecule has 32 heavy (non-hydrogen) atoms. The van der Waals surface area contributed by atoms with E-state index in [1.807, 2.05) is 0 Å². The minimum Gasteiger partial charge on any atom is -0.467 e. The zero-order valence-corrected chi connectivity index (χ0v) is 19.3. The van der Waals surface area contributed by atoms with Crippen LogP contribution in [-0.4, -0.2) is 65.3 Å². The van der Waals surface area contributed by atoms with E-state index in [2.05, 4.69) is 15.3 Å². The molecule has 1 saturated carbocycles. The number of likely N-dealkylation sites (N-methyl/N-ethyl adjacent to an activating group) is 1. The van der Waals surface area contributed by atoms with E-state index in [-0.39, 0.29) is 16.9 Å². The predicted octanol–water partition coefficient (Wildman–Crippen LogP) is 3.66. The fourth-order valence-corrected chi connectivity index (χ4v) is 4.79. The van der Waals surface area contributed by atoms with Gasteiger partial charge in [0.25, 0.3) is 0 Å². The van der Waals surface area contributed by atoms with Crippen molar-refractivity contribution in [1.29, 1.82) is 0 Å². The molecule has 2 N–H and O–H groups in total. The highest BCUT2D eigenvalue weighted by atomic mass is 32.1. The molecule has 1 amide bonds. The van der Waals surface area contributed by atoms with Gasteiger partial charge in [-0.1, -0.05) is 0 Å². The van der Waals surface area contributed by atoms with E-state index < -0.39 is 36.4 Å². The minimum absolute atomic E-state index is 0.0238. The average molecular weight is 477 g/mol. The van der Waals surface area contributed by atoms with Crippen molar-refractivity contribution in [2.45, 2.75) is 70.0 Å². The van der Waals surface area contributed by atoms with Crippen LogP contribution in [-0.2, 0) is 11.2 Å². The summed E-state index contributed by atoms with van der Waals surface area (Å²) in [6.45, 7) is 5.27. The van der Waals surface area contributed by atoms with Crippen LogP contribution in [0.15, 0.2) is 6.07 Å². The number of aromatic nitrogens is 2. The molecule has 2 aromatic rings. The van der Waals surface area contributed by atoms with Crippen LogP contribution in [0.3, 0.4) is 0 Å². The van der Waals surface area contributed by atoms with Gasteiger partial charge in [0.2, 0.25) is 0 Å². The maximum Gasteiger partial charge on any atom is 0.407 e. The van der Waals surface area contributed by atoms with E-state index in [4.69, 9.17) is 9.47 Å². The first kappa shape index (κ1) is 24.3. The van der Waals surface area contributed by atoms with Crippen LogP contribution in [0.25, 0.3) is 10.2 Å². The van der Waals surface area contributed by atoms with Crippen molar-refractivity contribution < 1.29 is 32.5 Å². The molecule has 12 heteroatoms. The summed E-state index contributed by atoms with van der Waals surface area (Å²) in [6, 6.07) is 0.699. The molecular formula is C20H27F3N4O4S. The Morgan fingerprint density at radius 3 is 2.59 bits per heavy atom. The molecule has 0 spiro atoms. The maximum absolute atomic E-state index is 12.9. The number of anilines is 1. The lowest BCUT2D eigenvalue weighted by Gasteiger charge is -2.28. The second-order valence-corrected chi connectivity index (χ2v) is 9.93. The molecule has 0 aliphatic heterocycles. The number of carbonyl (C=O) groups excluding carboxylic acids is 1. The summed E-state index contributed by atoms with van der Waals surface area (Å²) in [5.74, 6) is 0.360. The number of hydrogen-bond acceptors (Lipinski definition) is 8. The van der Waals surface area contributed by atoms with Gasteiger partial charge in [-0.05, 0) is 39.7 Å². The van der Waals surface area contributed by atoms with Crippen molar-refractivity contribution in [3.05, 3.63) is 10.9 Å². The van der Waals surface area contributed by atoms with Gasteiger partial charge >= 0.3 is 18.3 Å². The van der Waals surface area contributed by atoms with E-state index in [9.17, 15) is 23.1 Å². The Kier molecular flexibility index (Phi) is 6.75. The van der Waals surface area contributed by atoms with E-state index in [1.165, 1.54) is 13.2 Å². The number of nitrogens with zero attached hydrogens (tertiary/aromatic N) is 3. The standard InChI is InChI=1S/C20H27F3N4O4S/c1-19(2,3)31-18(29)24-10-6-13(14(28)7-10)27(4)15-12-8-11(9-20(21,22)23)32-16(12)26-17(25-15)30-5/h8,10,13-14,28H,6-7,9H2,1-5H3,(H,24,29)/t10-,13+,14-/m1/s1. The molecule has 2 heterocycles. The fraction of sp³-hybridized carbons (Fsp3) is 0.650. The van der Waals surface area contributed by atoms with Gasteiger partial charge in [-0.25, -0.2) is 4.79 Å². The fourth-order valence-electron chi connectivity index (χ4n) is 3.74. The first-order valence-corrected chi connectivity index (χ1v) is 10.9. The number of rotatable bonds is 5. The normalized spacial score (nSPS) is 21.6. The van der Waals surface area contributed by atoms with Crippen LogP contribution in [0, 0.1) is 0 Å². The number of nitrogens with one attached hydrogen (secondary N) is 1. The van der Waals surface area contributed by atoms with E-state index in [1.54, 1.807) is 32.7 Å². The second-order valence-electron chi connectivity index (χ2n) is 8.82. The number of hydrogen-bond donors (Lipinski definition) is 2. The Morgan fingerprint density at radius 2 is 2.00 bits per heavy atom. The third kappa shape index (κ3) is 5.91. The molecule has 1 fully saturated rings. The van der Waals surface area contributed by atoms with Crippen molar-refractivity contribution in [3.8, 4) is 6.01 Å². The monoisotopic (exact) mass is 476 g/mol. The third-order valence-electron chi connectivity index (χ3n) is 5.01. The summed E-state index contributed by atoms with van der Waals surface area (Å²) in [7, 11) is 3.08. The maximum atomic E-state index is 12.9. The Bertz CT molecular complexity index is 976. The van der Waals surface area contributed by atoms with E-state index in [0.29, 0.717) is 28.9 Å². The van der Waals surface area contributed by atoms with Crippen LogP contribution >= 0.6 is 11.3 Å². The number of alkyl halides is 3. The van der Waals surface area contributed by atoms with Gasteiger partial charge in [0.05, 0.1) is 31.1 Å². The lowest BCUT2D eigenvalue weighted by Crippen LogP contribution is -2.40. The molecule has 0 bridgehead atoms. The van der Waals surface area contributed by atoms with E-state index >= 15 is 0 Å². The smallest absolute Gasteiger partial charge is 0.407 e. The molecule has 0 radical (unpaired) electrons. The van der Waals surface area contributed by atoms with Crippen LogP contribution in [0.4, 0.5) is 23.8 Å². The highest BCUT2D eigenvalue weighted by Crippen LogP contribution is 2.37. The highest BCUT2D eigenvalue weighted by Gasteiger charge is 2.38. The molecule has 0 unspecified atom stereocenters. The number of alkyl carbamates (subject to hydrolysis) is 1. The van der Waals surface area contributed by atoms with Crippen LogP contribution < -0.4 is 15.0 Å². The molecule has 0 saturated heterocycles. The summed E-state index contributed by atoms with van der Waals surface area (Å²) in [5.41, 5.74) is -0.645. The number of aliphatic hydroxyl groups is 1. The largest absolute Gasteiger partial charge is 0.467 e. The summed E-state index contributed by atoms with van der Waals surface area (Å²) in [5, 5.41) is 13.9. The zero-order valence-electron chi connectivity index (χ0n) is 18.5. The van der Waals surface area contributed by atoms with Gasteiger partial charge in [-0.3, -0.25) is 0 Å². The lowest BCUT2D eigenvalue weighted by atomic mass is 10.1. The summed E-state index contributed by atoms with van der Waals surface area (Å²) in [6.07, 6.45) is -6.05. The Hall–Kier alpha value is -2.34. The summed E-state index contributed by atoms with van der Waals surface area (Å²) in [4.78, 5) is 22.8. The average Bonchev–Trinajstić information content (AvgIpc) is 3.19. The van der Waals surface area contributed by atoms with Crippen molar-refractivity contribution in [1.82, 2.24) is 15.3 Å². The molecule has 3 atom stereocenters. The zero-order chi connectivity index (χ0) is 23.8. The molecule has 2 aromatic heterocycles. The molecule has 3 rings (SSSR count). The summed E-state index contributed by atoms with van der Waals surface area (Å²) < 4.78 is 49.0. The molecule has 0 aromatic carbocycles. The first-order valence-electron chi connectivity index (χ1n) is 10.1. The number of halogens is 3. The first-order chi connectivity index (χ1) is 14.8. The molecule has 1 aliphatic rings. The number of methoxy groups -OCH3 is 1. The molecule has 178 valence electrons. The SMILES string of the molecule is COc1nc(N(C)[C@H]2C[C@@H](NC(=O)OC(C)(C)C)C[C@H]2O)c2cc(CC(F)(F)F)sc2n1. The van der Waals surface area contributed by atoms with Gasteiger partial charge < -0.3 is 24.8 Å².